The lowest BCUT2D eigenvalue weighted by Crippen LogP contribution is -2.34. The maximum Gasteiger partial charge on any atom is 0.407 e. The molecular formula is C21H22N2O6. The van der Waals surface area contributed by atoms with E-state index < -0.39 is 17.7 Å². The number of nitrogens with one attached hydrogen (secondary N) is 1. The molecule has 0 atom stereocenters. The second kappa shape index (κ2) is 9.46. The maximum absolute atomic E-state index is 11.7. The zero-order chi connectivity index (χ0) is 21.4. The molecule has 0 aliphatic heterocycles. The van der Waals surface area contributed by atoms with E-state index >= 15 is 0 Å². The highest BCUT2D eigenvalue weighted by Crippen LogP contribution is 2.34. The first-order valence-electron chi connectivity index (χ1n) is 8.83. The van der Waals surface area contributed by atoms with Gasteiger partial charge in [-0.05, 0) is 57.2 Å². The molecule has 2 N–H and O–H groups in total. The van der Waals surface area contributed by atoms with E-state index in [1.54, 1.807) is 39.0 Å². The number of carboxylic acid groups (broad SMARTS) is 1. The summed E-state index contributed by atoms with van der Waals surface area (Å²) in [6, 6.07) is 12.7. The van der Waals surface area contributed by atoms with Crippen LogP contribution in [0.4, 0.5) is 4.79 Å². The van der Waals surface area contributed by atoms with E-state index in [0.717, 1.165) is 0 Å². The number of aromatic carboxylic acids is 1. The molecule has 152 valence electrons. The third kappa shape index (κ3) is 6.74. The van der Waals surface area contributed by atoms with Crippen molar-refractivity contribution in [1.82, 2.24) is 5.32 Å². The minimum atomic E-state index is -1.04. The van der Waals surface area contributed by atoms with Gasteiger partial charge in [0, 0.05) is 0 Å². The molecule has 0 heterocycles. The number of para-hydroxylation sites is 1. The molecule has 0 fully saturated rings. The molecule has 0 aliphatic carbocycles. The highest BCUT2D eigenvalue weighted by Gasteiger charge is 2.16. The summed E-state index contributed by atoms with van der Waals surface area (Å²) in [5.41, 5.74) is -0.204. The van der Waals surface area contributed by atoms with Crippen LogP contribution in [0.1, 0.15) is 36.7 Å². The molecule has 8 nitrogen and oxygen atoms in total. The molecule has 29 heavy (non-hydrogen) atoms. The third-order valence-corrected chi connectivity index (χ3v) is 3.45. The lowest BCUT2D eigenvalue weighted by Gasteiger charge is -2.20. The smallest absolute Gasteiger partial charge is 0.407 e. The Labute approximate surface area is 168 Å². The Morgan fingerprint density at radius 2 is 1.83 bits per heavy atom. The van der Waals surface area contributed by atoms with Crippen LogP contribution in [0.25, 0.3) is 0 Å². The molecule has 8 heteroatoms. The second-order valence-corrected chi connectivity index (χ2v) is 6.95. The van der Waals surface area contributed by atoms with Gasteiger partial charge in [-0.25, -0.2) is 9.59 Å². The van der Waals surface area contributed by atoms with Crippen LogP contribution in [0.2, 0.25) is 0 Å². The van der Waals surface area contributed by atoms with Gasteiger partial charge in [0.1, 0.15) is 24.0 Å². The SMILES string of the molecule is CC(C)(C)OC(=O)NCCOc1c(C#N)cccc1Oc1ccc(C(=O)O)cc1. The summed E-state index contributed by atoms with van der Waals surface area (Å²) in [7, 11) is 0. The summed E-state index contributed by atoms with van der Waals surface area (Å²) in [6.07, 6.45) is -0.565. The summed E-state index contributed by atoms with van der Waals surface area (Å²) in [6.45, 7) is 5.55. The lowest BCUT2D eigenvalue weighted by atomic mass is 10.2. The maximum atomic E-state index is 11.7. The molecule has 0 saturated heterocycles. The number of nitriles is 1. The predicted molar refractivity (Wildman–Crippen MR) is 104 cm³/mol. The fourth-order valence-electron chi connectivity index (χ4n) is 2.25. The molecule has 2 rings (SSSR count). The predicted octanol–water partition coefficient (Wildman–Crippen LogP) is 3.95. The fourth-order valence-corrected chi connectivity index (χ4v) is 2.25. The van der Waals surface area contributed by atoms with Crippen molar-refractivity contribution < 1.29 is 28.9 Å². The van der Waals surface area contributed by atoms with Crippen molar-refractivity contribution in [2.24, 2.45) is 0 Å². The Hall–Kier alpha value is -3.73. The Morgan fingerprint density at radius 3 is 2.41 bits per heavy atom. The topological polar surface area (TPSA) is 118 Å². The molecule has 2 aromatic rings. The molecule has 0 aromatic heterocycles. The van der Waals surface area contributed by atoms with E-state index in [4.69, 9.17) is 19.3 Å². The molecular weight excluding hydrogens is 376 g/mol. The van der Waals surface area contributed by atoms with Crippen LogP contribution in [0, 0.1) is 11.3 Å². The van der Waals surface area contributed by atoms with Gasteiger partial charge in [0.15, 0.2) is 11.5 Å². The van der Waals surface area contributed by atoms with Crippen LogP contribution in [0.3, 0.4) is 0 Å². The number of ether oxygens (including phenoxy) is 3. The minimum absolute atomic E-state index is 0.0895. The monoisotopic (exact) mass is 398 g/mol. The van der Waals surface area contributed by atoms with Gasteiger partial charge < -0.3 is 24.6 Å². The van der Waals surface area contributed by atoms with Gasteiger partial charge in [-0.1, -0.05) is 6.07 Å². The molecule has 0 saturated carbocycles. The number of carbonyl (C=O) groups is 2. The number of hydrogen-bond donors (Lipinski definition) is 2. The van der Waals surface area contributed by atoms with Crippen molar-refractivity contribution in [3.63, 3.8) is 0 Å². The van der Waals surface area contributed by atoms with E-state index in [2.05, 4.69) is 5.32 Å². The Bertz CT molecular complexity index is 910. The highest BCUT2D eigenvalue weighted by molar-refractivity contribution is 5.87. The van der Waals surface area contributed by atoms with Crippen LogP contribution in [0.5, 0.6) is 17.2 Å². The first kappa shape index (κ1) is 21.6. The summed E-state index contributed by atoms with van der Waals surface area (Å²) in [5, 5.41) is 20.9. The summed E-state index contributed by atoms with van der Waals surface area (Å²) in [5.74, 6) is -0.126. The Balaban J connectivity index is 2.04. The molecule has 0 spiro atoms. The van der Waals surface area contributed by atoms with Gasteiger partial charge in [0.05, 0.1) is 17.7 Å². The van der Waals surface area contributed by atoms with Crippen molar-refractivity contribution in [2.45, 2.75) is 26.4 Å². The van der Waals surface area contributed by atoms with Crippen LogP contribution in [0.15, 0.2) is 42.5 Å². The standard InChI is InChI=1S/C21H22N2O6/c1-21(2,3)29-20(26)23-11-12-27-18-15(13-22)5-4-6-17(18)28-16-9-7-14(8-10-16)19(24)25/h4-10H,11-12H2,1-3H3,(H,23,26)(H,24,25). The van der Waals surface area contributed by atoms with Crippen LogP contribution in [-0.4, -0.2) is 35.9 Å². The summed E-state index contributed by atoms with van der Waals surface area (Å²) < 4.78 is 16.6. The Morgan fingerprint density at radius 1 is 1.14 bits per heavy atom. The number of carboxylic acids is 1. The number of nitrogens with zero attached hydrogens (tertiary/aromatic N) is 1. The number of rotatable bonds is 7. The zero-order valence-corrected chi connectivity index (χ0v) is 16.4. The highest BCUT2D eigenvalue weighted by atomic mass is 16.6. The average molecular weight is 398 g/mol. The average Bonchev–Trinajstić information content (AvgIpc) is 2.65. The molecule has 0 bridgehead atoms. The van der Waals surface area contributed by atoms with Gasteiger partial charge in [0.25, 0.3) is 0 Å². The fraction of sp³-hybridized carbons (Fsp3) is 0.286. The van der Waals surface area contributed by atoms with Gasteiger partial charge >= 0.3 is 12.1 Å². The molecule has 1 amide bonds. The normalized spacial score (nSPS) is 10.6. The van der Waals surface area contributed by atoms with E-state index in [0.29, 0.717) is 11.5 Å². The summed E-state index contributed by atoms with van der Waals surface area (Å²) in [4.78, 5) is 22.6. The molecule has 0 unspecified atom stereocenters. The van der Waals surface area contributed by atoms with Gasteiger partial charge in [0.2, 0.25) is 0 Å². The van der Waals surface area contributed by atoms with Crippen molar-refractivity contribution in [1.29, 1.82) is 5.26 Å². The van der Waals surface area contributed by atoms with E-state index in [1.807, 2.05) is 6.07 Å². The first-order chi connectivity index (χ1) is 13.7. The number of benzene rings is 2. The van der Waals surface area contributed by atoms with Crippen molar-refractivity contribution in [3.8, 4) is 23.3 Å². The first-order valence-corrected chi connectivity index (χ1v) is 8.83. The van der Waals surface area contributed by atoms with Crippen LogP contribution in [-0.2, 0) is 4.74 Å². The van der Waals surface area contributed by atoms with Crippen LogP contribution >= 0.6 is 0 Å². The van der Waals surface area contributed by atoms with Crippen LogP contribution < -0.4 is 14.8 Å². The summed E-state index contributed by atoms with van der Waals surface area (Å²) >= 11 is 0. The largest absolute Gasteiger partial charge is 0.486 e. The van der Waals surface area contributed by atoms with E-state index in [-0.39, 0.29) is 30.0 Å². The van der Waals surface area contributed by atoms with Crippen molar-refractivity contribution in [2.75, 3.05) is 13.2 Å². The minimum Gasteiger partial charge on any atom is -0.486 e. The zero-order valence-electron chi connectivity index (χ0n) is 16.4. The lowest BCUT2D eigenvalue weighted by molar-refractivity contribution is 0.0519. The number of carbonyl (C=O) groups excluding carboxylic acids is 1. The van der Waals surface area contributed by atoms with Gasteiger partial charge in [-0.15, -0.1) is 0 Å². The Kier molecular flexibility index (Phi) is 7.04. The molecule has 2 aromatic carbocycles. The number of hydrogen-bond acceptors (Lipinski definition) is 6. The van der Waals surface area contributed by atoms with E-state index in [9.17, 15) is 14.9 Å². The van der Waals surface area contributed by atoms with E-state index in [1.165, 1.54) is 24.3 Å². The van der Waals surface area contributed by atoms with Gasteiger partial charge in [-0.2, -0.15) is 5.26 Å². The number of amides is 1. The van der Waals surface area contributed by atoms with Crippen molar-refractivity contribution in [3.05, 3.63) is 53.6 Å². The molecule has 0 aliphatic rings. The third-order valence-electron chi connectivity index (χ3n) is 3.45. The molecule has 0 radical (unpaired) electrons. The second-order valence-electron chi connectivity index (χ2n) is 6.95. The van der Waals surface area contributed by atoms with Gasteiger partial charge in [-0.3, -0.25) is 0 Å². The van der Waals surface area contributed by atoms with Crippen molar-refractivity contribution >= 4 is 12.1 Å². The number of alkyl carbamates (subject to hydrolysis) is 1. The quantitative estimate of drug-likeness (QED) is 0.678.